The largest absolute Gasteiger partial charge is 0.337 e. The highest BCUT2D eigenvalue weighted by Crippen LogP contribution is 2.41. The number of nitrogens with zero attached hydrogens (tertiary/aromatic N) is 2. The molecule has 2 N–H and O–H groups in total. The first kappa shape index (κ1) is 18.7. The fraction of sp³-hybridized carbons (Fsp3) is 0.714. The number of amides is 1. The van der Waals surface area contributed by atoms with Crippen molar-refractivity contribution in [3.05, 3.63) is 16.1 Å². The van der Waals surface area contributed by atoms with E-state index in [-0.39, 0.29) is 42.2 Å². The molecule has 21 heavy (non-hydrogen) atoms. The van der Waals surface area contributed by atoms with E-state index in [0.29, 0.717) is 11.6 Å². The van der Waals surface area contributed by atoms with E-state index in [1.165, 1.54) is 12.8 Å². The van der Waals surface area contributed by atoms with Gasteiger partial charge >= 0.3 is 0 Å². The first-order valence-corrected chi connectivity index (χ1v) is 7.85. The van der Waals surface area contributed by atoms with Crippen molar-refractivity contribution in [3.8, 4) is 0 Å². The van der Waals surface area contributed by atoms with Crippen molar-refractivity contribution < 1.29 is 4.79 Å². The van der Waals surface area contributed by atoms with E-state index in [0.717, 1.165) is 24.5 Å². The van der Waals surface area contributed by atoms with Gasteiger partial charge in [-0.05, 0) is 24.7 Å². The Morgan fingerprint density at radius 2 is 2.05 bits per heavy atom. The van der Waals surface area contributed by atoms with Crippen molar-refractivity contribution in [1.29, 1.82) is 0 Å². The number of hydrogen-bond donors (Lipinski definition) is 1. The average Bonchev–Trinajstić information content (AvgIpc) is 3.10. The maximum Gasteiger partial charge on any atom is 0.273 e. The standard InChI is InChI=1S/C14H21N3OS.2ClH/c1-14(2)8-17(6-5-11(14)15)13(18)10-7-19-12(16-10)9-3-4-9;;/h7,9,11H,3-6,8,15H2,1-2H3;2*1H. The minimum absolute atomic E-state index is 0. The van der Waals surface area contributed by atoms with Gasteiger partial charge in [-0.15, -0.1) is 36.2 Å². The zero-order chi connectivity index (χ0) is 13.6. The molecule has 7 heteroatoms. The molecule has 0 spiro atoms. The van der Waals surface area contributed by atoms with Crippen LogP contribution in [-0.2, 0) is 0 Å². The van der Waals surface area contributed by atoms with Crippen molar-refractivity contribution >= 4 is 42.1 Å². The fourth-order valence-corrected chi connectivity index (χ4v) is 3.58. The summed E-state index contributed by atoms with van der Waals surface area (Å²) in [5, 5.41) is 3.05. The van der Waals surface area contributed by atoms with Crippen LogP contribution in [0.2, 0.25) is 0 Å². The molecule has 1 unspecified atom stereocenters. The molecular weight excluding hydrogens is 329 g/mol. The second-order valence-electron chi connectivity index (χ2n) is 6.46. The van der Waals surface area contributed by atoms with Gasteiger partial charge in [0.1, 0.15) is 5.69 Å². The van der Waals surface area contributed by atoms with E-state index >= 15 is 0 Å². The summed E-state index contributed by atoms with van der Waals surface area (Å²) in [6.45, 7) is 5.74. The molecular formula is C14H23Cl2N3OS. The van der Waals surface area contributed by atoms with Crippen LogP contribution in [-0.4, -0.2) is 34.9 Å². The number of aromatic nitrogens is 1. The molecule has 1 aliphatic carbocycles. The summed E-state index contributed by atoms with van der Waals surface area (Å²) in [6.07, 6.45) is 3.33. The lowest BCUT2D eigenvalue weighted by molar-refractivity contribution is 0.0528. The van der Waals surface area contributed by atoms with E-state index in [4.69, 9.17) is 5.73 Å². The molecule has 1 saturated heterocycles. The topological polar surface area (TPSA) is 59.2 Å². The molecule has 1 atom stereocenters. The van der Waals surface area contributed by atoms with Crippen LogP contribution in [0.1, 0.15) is 54.5 Å². The Morgan fingerprint density at radius 1 is 1.38 bits per heavy atom. The van der Waals surface area contributed by atoms with Crippen LogP contribution in [0.25, 0.3) is 0 Å². The Morgan fingerprint density at radius 3 is 2.62 bits per heavy atom. The predicted octanol–water partition coefficient (Wildman–Crippen LogP) is 3.06. The Kier molecular flexibility index (Phi) is 6.07. The third-order valence-electron chi connectivity index (χ3n) is 4.27. The number of thiazole rings is 1. The summed E-state index contributed by atoms with van der Waals surface area (Å²) < 4.78 is 0. The number of hydrogen-bond acceptors (Lipinski definition) is 4. The van der Waals surface area contributed by atoms with Gasteiger partial charge in [-0.3, -0.25) is 4.79 Å². The number of piperidine rings is 1. The highest BCUT2D eigenvalue weighted by molar-refractivity contribution is 7.10. The molecule has 1 amide bonds. The van der Waals surface area contributed by atoms with Crippen LogP contribution in [0.15, 0.2) is 5.38 Å². The third kappa shape index (κ3) is 3.89. The van der Waals surface area contributed by atoms with Gasteiger partial charge in [0, 0.05) is 30.4 Å². The van der Waals surface area contributed by atoms with Crippen LogP contribution in [0.4, 0.5) is 0 Å². The lowest BCUT2D eigenvalue weighted by Crippen LogP contribution is -2.54. The van der Waals surface area contributed by atoms with Crippen LogP contribution < -0.4 is 5.73 Å². The quantitative estimate of drug-likeness (QED) is 0.890. The molecule has 0 radical (unpaired) electrons. The van der Waals surface area contributed by atoms with E-state index in [1.807, 2.05) is 10.3 Å². The summed E-state index contributed by atoms with van der Waals surface area (Å²) in [7, 11) is 0. The van der Waals surface area contributed by atoms with Crippen molar-refractivity contribution in [3.63, 3.8) is 0 Å². The monoisotopic (exact) mass is 351 g/mol. The van der Waals surface area contributed by atoms with Crippen molar-refractivity contribution in [2.45, 2.75) is 45.1 Å². The molecule has 1 saturated carbocycles. The predicted molar refractivity (Wildman–Crippen MR) is 90.9 cm³/mol. The number of carbonyl (C=O) groups is 1. The van der Waals surface area contributed by atoms with E-state index < -0.39 is 0 Å². The second kappa shape index (κ2) is 6.82. The van der Waals surface area contributed by atoms with Crippen LogP contribution in [0, 0.1) is 5.41 Å². The highest BCUT2D eigenvalue weighted by atomic mass is 35.5. The third-order valence-corrected chi connectivity index (χ3v) is 5.27. The first-order valence-electron chi connectivity index (χ1n) is 6.97. The smallest absolute Gasteiger partial charge is 0.273 e. The molecule has 3 rings (SSSR count). The molecule has 1 aromatic heterocycles. The summed E-state index contributed by atoms with van der Waals surface area (Å²) in [5.41, 5.74) is 6.73. The van der Waals surface area contributed by atoms with Crippen molar-refractivity contribution in [2.24, 2.45) is 11.1 Å². The maximum absolute atomic E-state index is 12.5. The van der Waals surface area contributed by atoms with Gasteiger partial charge in [-0.2, -0.15) is 0 Å². The molecule has 2 fully saturated rings. The Hall–Kier alpha value is -0.360. The molecule has 120 valence electrons. The van der Waals surface area contributed by atoms with E-state index in [1.54, 1.807) is 11.3 Å². The first-order chi connectivity index (χ1) is 8.97. The zero-order valence-corrected chi connectivity index (χ0v) is 14.8. The van der Waals surface area contributed by atoms with Gasteiger partial charge in [0.15, 0.2) is 0 Å². The van der Waals surface area contributed by atoms with Crippen LogP contribution >= 0.6 is 36.2 Å². The van der Waals surface area contributed by atoms with Crippen molar-refractivity contribution in [1.82, 2.24) is 9.88 Å². The Bertz CT molecular complexity index is 502. The number of rotatable bonds is 2. The Labute approximate surface area is 142 Å². The van der Waals surface area contributed by atoms with E-state index in [9.17, 15) is 4.79 Å². The van der Waals surface area contributed by atoms with Gasteiger partial charge in [0.25, 0.3) is 5.91 Å². The number of nitrogens with two attached hydrogens (primary N) is 1. The molecule has 2 aliphatic rings. The van der Waals surface area contributed by atoms with Gasteiger partial charge in [0.05, 0.1) is 5.01 Å². The Balaban J connectivity index is 0.00000110. The highest BCUT2D eigenvalue weighted by Gasteiger charge is 2.36. The summed E-state index contributed by atoms with van der Waals surface area (Å²) in [5.74, 6) is 0.695. The van der Waals surface area contributed by atoms with Crippen LogP contribution in [0.3, 0.4) is 0 Å². The molecule has 1 aliphatic heterocycles. The number of halogens is 2. The van der Waals surface area contributed by atoms with Crippen molar-refractivity contribution in [2.75, 3.05) is 13.1 Å². The maximum atomic E-state index is 12.5. The average molecular weight is 352 g/mol. The van der Waals surface area contributed by atoms with E-state index in [2.05, 4.69) is 18.8 Å². The fourth-order valence-electron chi connectivity index (χ4n) is 2.61. The lowest BCUT2D eigenvalue weighted by Gasteiger charge is -2.42. The molecule has 1 aromatic rings. The van der Waals surface area contributed by atoms with Gasteiger partial charge in [0.2, 0.25) is 0 Å². The lowest BCUT2D eigenvalue weighted by atomic mass is 9.79. The van der Waals surface area contributed by atoms with Gasteiger partial charge in [-0.25, -0.2) is 4.98 Å². The molecule has 0 bridgehead atoms. The van der Waals surface area contributed by atoms with Gasteiger partial charge in [-0.1, -0.05) is 13.8 Å². The van der Waals surface area contributed by atoms with Crippen LogP contribution in [0.5, 0.6) is 0 Å². The minimum Gasteiger partial charge on any atom is -0.337 e. The number of carbonyl (C=O) groups excluding carboxylic acids is 1. The second-order valence-corrected chi connectivity index (χ2v) is 7.35. The molecule has 2 heterocycles. The summed E-state index contributed by atoms with van der Waals surface area (Å²) in [4.78, 5) is 18.9. The molecule has 0 aromatic carbocycles. The summed E-state index contributed by atoms with van der Waals surface area (Å²) >= 11 is 1.63. The molecule has 4 nitrogen and oxygen atoms in total. The van der Waals surface area contributed by atoms with Gasteiger partial charge < -0.3 is 10.6 Å². The zero-order valence-electron chi connectivity index (χ0n) is 12.4. The SMILES string of the molecule is CC1(C)CN(C(=O)c2csc(C3CC3)n2)CCC1N.Cl.Cl. The normalized spacial score (nSPS) is 24.0. The number of likely N-dealkylation sites (tertiary alicyclic amines) is 1. The summed E-state index contributed by atoms with van der Waals surface area (Å²) in [6, 6.07) is 0.175. The minimum atomic E-state index is -0.0107.